The highest BCUT2D eigenvalue weighted by molar-refractivity contribution is 5.60. The van der Waals surface area contributed by atoms with Gasteiger partial charge in [0, 0.05) is 18.3 Å². The zero-order valence-corrected chi connectivity index (χ0v) is 15.4. The van der Waals surface area contributed by atoms with E-state index in [0.29, 0.717) is 0 Å². The minimum Gasteiger partial charge on any atom is -0.497 e. The van der Waals surface area contributed by atoms with Gasteiger partial charge in [0.25, 0.3) is 0 Å². The zero-order valence-electron chi connectivity index (χ0n) is 15.4. The van der Waals surface area contributed by atoms with Crippen LogP contribution in [0.2, 0.25) is 0 Å². The van der Waals surface area contributed by atoms with E-state index in [9.17, 15) is 0 Å². The van der Waals surface area contributed by atoms with Crippen molar-refractivity contribution in [2.24, 2.45) is 0 Å². The first-order valence-electron chi connectivity index (χ1n) is 8.67. The molecule has 5 nitrogen and oxygen atoms in total. The third kappa shape index (κ3) is 4.72. The third-order valence-corrected chi connectivity index (χ3v) is 4.30. The Morgan fingerprint density at radius 1 is 0.923 bits per heavy atom. The van der Waals surface area contributed by atoms with Gasteiger partial charge in [0.2, 0.25) is 0 Å². The Morgan fingerprint density at radius 3 is 2.58 bits per heavy atom. The highest BCUT2D eigenvalue weighted by Gasteiger charge is 2.02. The number of aryl methyl sites for hydroxylation is 2. The second kappa shape index (κ2) is 8.34. The lowest BCUT2D eigenvalue weighted by atomic mass is 10.1. The topological polar surface area (TPSA) is 59.1 Å². The summed E-state index contributed by atoms with van der Waals surface area (Å²) in [6, 6.07) is 16.3. The molecule has 2 N–H and O–H groups in total. The SMILES string of the molecule is COc1cccc(CCNc2cc(Nc3ccc(C)c(C)c3)ncn2)c1. The minimum atomic E-state index is 0.770. The average Bonchev–Trinajstić information content (AvgIpc) is 2.65. The van der Waals surface area contributed by atoms with E-state index in [0.717, 1.165) is 36.0 Å². The van der Waals surface area contributed by atoms with Gasteiger partial charge >= 0.3 is 0 Å². The molecule has 3 rings (SSSR count). The number of hydrogen-bond donors (Lipinski definition) is 2. The number of hydrogen-bond acceptors (Lipinski definition) is 5. The van der Waals surface area contributed by atoms with Crippen LogP contribution in [0.15, 0.2) is 54.9 Å². The zero-order chi connectivity index (χ0) is 18.4. The fourth-order valence-corrected chi connectivity index (χ4v) is 2.65. The fraction of sp³-hybridized carbons (Fsp3) is 0.238. The van der Waals surface area contributed by atoms with Gasteiger partial charge in [-0.25, -0.2) is 9.97 Å². The van der Waals surface area contributed by atoms with Crippen molar-refractivity contribution in [2.75, 3.05) is 24.3 Å². The molecule has 0 atom stereocenters. The normalized spacial score (nSPS) is 10.4. The summed E-state index contributed by atoms with van der Waals surface area (Å²) in [5, 5.41) is 6.67. The first kappa shape index (κ1) is 17.7. The molecule has 2 aromatic carbocycles. The average molecular weight is 348 g/mol. The van der Waals surface area contributed by atoms with E-state index in [1.165, 1.54) is 16.7 Å². The van der Waals surface area contributed by atoms with Gasteiger partial charge in [0.1, 0.15) is 23.7 Å². The predicted molar refractivity (Wildman–Crippen MR) is 106 cm³/mol. The highest BCUT2D eigenvalue weighted by Crippen LogP contribution is 2.19. The molecular weight excluding hydrogens is 324 g/mol. The van der Waals surface area contributed by atoms with E-state index < -0.39 is 0 Å². The summed E-state index contributed by atoms with van der Waals surface area (Å²) in [6.07, 6.45) is 2.46. The van der Waals surface area contributed by atoms with Crippen LogP contribution in [0.5, 0.6) is 5.75 Å². The van der Waals surface area contributed by atoms with Crippen molar-refractivity contribution in [3.05, 3.63) is 71.5 Å². The second-order valence-electron chi connectivity index (χ2n) is 6.24. The van der Waals surface area contributed by atoms with E-state index in [-0.39, 0.29) is 0 Å². The van der Waals surface area contributed by atoms with Gasteiger partial charge in [0.15, 0.2) is 0 Å². The number of anilines is 3. The number of aromatic nitrogens is 2. The van der Waals surface area contributed by atoms with Crippen molar-refractivity contribution >= 4 is 17.3 Å². The van der Waals surface area contributed by atoms with Gasteiger partial charge in [-0.15, -0.1) is 0 Å². The number of nitrogens with zero attached hydrogens (tertiary/aromatic N) is 2. The van der Waals surface area contributed by atoms with Crippen LogP contribution in [0.4, 0.5) is 17.3 Å². The molecule has 0 saturated carbocycles. The minimum absolute atomic E-state index is 0.770. The van der Waals surface area contributed by atoms with Crippen LogP contribution < -0.4 is 15.4 Å². The second-order valence-corrected chi connectivity index (χ2v) is 6.24. The summed E-state index contributed by atoms with van der Waals surface area (Å²) in [4.78, 5) is 8.59. The molecule has 1 aromatic heterocycles. The Hall–Kier alpha value is -3.08. The van der Waals surface area contributed by atoms with E-state index in [1.807, 2.05) is 24.3 Å². The lowest BCUT2D eigenvalue weighted by Crippen LogP contribution is -2.07. The van der Waals surface area contributed by atoms with Crippen molar-refractivity contribution in [1.29, 1.82) is 0 Å². The molecule has 0 fully saturated rings. The molecule has 0 radical (unpaired) electrons. The first-order valence-corrected chi connectivity index (χ1v) is 8.67. The van der Waals surface area contributed by atoms with Crippen LogP contribution in [-0.4, -0.2) is 23.6 Å². The largest absolute Gasteiger partial charge is 0.497 e. The van der Waals surface area contributed by atoms with Gasteiger partial charge in [0.05, 0.1) is 7.11 Å². The Kier molecular flexibility index (Phi) is 5.69. The van der Waals surface area contributed by atoms with Gasteiger partial charge in [-0.3, -0.25) is 0 Å². The summed E-state index contributed by atoms with van der Waals surface area (Å²) in [7, 11) is 1.68. The van der Waals surface area contributed by atoms with Crippen molar-refractivity contribution in [3.63, 3.8) is 0 Å². The van der Waals surface area contributed by atoms with E-state index >= 15 is 0 Å². The van der Waals surface area contributed by atoms with E-state index in [2.05, 4.69) is 58.7 Å². The smallest absolute Gasteiger partial charge is 0.135 e. The molecule has 0 saturated heterocycles. The number of benzene rings is 2. The summed E-state index contributed by atoms with van der Waals surface area (Å²) in [5.74, 6) is 2.45. The summed E-state index contributed by atoms with van der Waals surface area (Å²) < 4.78 is 5.26. The van der Waals surface area contributed by atoms with Crippen molar-refractivity contribution in [2.45, 2.75) is 20.3 Å². The molecule has 0 aliphatic rings. The summed E-state index contributed by atoms with van der Waals surface area (Å²) >= 11 is 0. The summed E-state index contributed by atoms with van der Waals surface area (Å²) in [6.45, 7) is 4.99. The molecule has 0 aliphatic heterocycles. The van der Waals surface area contributed by atoms with Crippen molar-refractivity contribution < 1.29 is 4.74 Å². The van der Waals surface area contributed by atoms with E-state index in [4.69, 9.17) is 4.74 Å². The van der Waals surface area contributed by atoms with Crippen LogP contribution in [0.1, 0.15) is 16.7 Å². The molecule has 0 aliphatic carbocycles. The molecule has 0 amide bonds. The van der Waals surface area contributed by atoms with Gasteiger partial charge in [-0.2, -0.15) is 0 Å². The van der Waals surface area contributed by atoms with Crippen LogP contribution in [0.25, 0.3) is 0 Å². The van der Waals surface area contributed by atoms with Crippen molar-refractivity contribution in [1.82, 2.24) is 9.97 Å². The van der Waals surface area contributed by atoms with Crippen LogP contribution >= 0.6 is 0 Å². The lowest BCUT2D eigenvalue weighted by molar-refractivity contribution is 0.414. The van der Waals surface area contributed by atoms with E-state index in [1.54, 1.807) is 13.4 Å². The maximum absolute atomic E-state index is 5.26. The van der Waals surface area contributed by atoms with Gasteiger partial charge < -0.3 is 15.4 Å². The molecule has 26 heavy (non-hydrogen) atoms. The van der Waals surface area contributed by atoms with Gasteiger partial charge in [-0.05, 0) is 61.2 Å². The standard InChI is InChI=1S/C21H24N4O/c1-15-7-8-18(11-16(15)2)25-21-13-20(23-14-24-21)22-10-9-17-5-4-6-19(12-17)26-3/h4-8,11-14H,9-10H2,1-3H3,(H2,22,23,24,25). The molecular formula is C21H24N4O. The third-order valence-electron chi connectivity index (χ3n) is 4.30. The number of rotatable bonds is 7. The highest BCUT2D eigenvalue weighted by atomic mass is 16.5. The molecule has 3 aromatic rings. The monoisotopic (exact) mass is 348 g/mol. The Morgan fingerprint density at radius 2 is 1.77 bits per heavy atom. The molecule has 0 unspecified atom stereocenters. The summed E-state index contributed by atoms with van der Waals surface area (Å²) in [5.41, 5.74) is 4.77. The predicted octanol–water partition coefficient (Wildman–Crippen LogP) is 4.50. The Bertz CT molecular complexity index is 879. The molecule has 0 spiro atoms. The Labute approximate surface area is 154 Å². The number of methoxy groups -OCH3 is 1. The quantitative estimate of drug-likeness (QED) is 0.658. The molecule has 0 bridgehead atoms. The van der Waals surface area contributed by atoms with Crippen LogP contribution in [0, 0.1) is 13.8 Å². The maximum atomic E-state index is 5.26. The maximum Gasteiger partial charge on any atom is 0.135 e. The fourth-order valence-electron chi connectivity index (χ4n) is 2.65. The molecule has 5 heteroatoms. The van der Waals surface area contributed by atoms with Crippen molar-refractivity contribution in [3.8, 4) is 5.75 Å². The van der Waals surface area contributed by atoms with Gasteiger partial charge in [-0.1, -0.05) is 18.2 Å². The lowest BCUT2D eigenvalue weighted by Gasteiger charge is -2.10. The molecule has 1 heterocycles. The van der Waals surface area contributed by atoms with Crippen LogP contribution in [-0.2, 0) is 6.42 Å². The first-order chi connectivity index (χ1) is 12.6. The number of ether oxygens (including phenoxy) is 1. The number of nitrogens with one attached hydrogen (secondary N) is 2. The Balaban J connectivity index is 1.59. The van der Waals surface area contributed by atoms with Crippen LogP contribution in [0.3, 0.4) is 0 Å². The molecule has 134 valence electrons.